The normalized spacial score (nSPS) is 12.6. The van der Waals surface area contributed by atoms with E-state index in [1.54, 1.807) is 12.4 Å². The minimum Gasteiger partial charge on any atom is -0.444 e. The fourth-order valence-electron chi connectivity index (χ4n) is 0.528. The Balaban J connectivity index is 2.42. The van der Waals surface area contributed by atoms with Gasteiger partial charge in [-0.2, -0.15) is 0 Å². The lowest BCUT2D eigenvalue weighted by atomic mass is 10.3. The minimum absolute atomic E-state index is 0.142. The van der Waals surface area contributed by atoms with Crippen LogP contribution < -0.4 is 0 Å². The maximum absolute atomic E-state index is 4.97. The molecule has 1 aromatic rings. The van der Waals surface area contributed by atoms with Crippen LogP contribution in [0.5, 0.6) is 0 Å². The molecule has 1 aromatic heterocycles. The molecule has 0 fully saturated rings. The third-order valence-electron chi connectivity index (χ3n) is 0.941. The van der Waals surface area contributed by atoms with E-state index in [2.05, 4.69) is 30.2 Å². The second-order valence-corrected chi connectivity index (χ2v) is 4.93. The number of rotatable bonds is 2. The van der Waals surface area contributed by atoms with E-state index in [-0.39, 0.29) is 4.75 Å². The lowest BCUT2D eigenvalue weighted by Crippen LogP contribution is -2.04. The summed E-state index contributed by atoms with van der Waals surface area (Å²) in [4.78, 5) is 3.91. The van der Waals surface area contributed by atoms with Gasteiger partial charge in [-0.15, -0.1) is 0 Å². The molecule has 0 aliphatic heterocycles. The minimum atomic E-state index is 0.142. The van der Waals surface area contributed by atoms with Crippen LogP contribution in [-0.2, 0) is 0 Å². The second kappa shape index (κ2) is 3.76. The molecule has 0 spiro atoms. The van der Waals surface area contributed by atoms with Gasteiger partial charge in [-0.1, -0.05) is 0 Å². The molecular weight excluding hydrogens is 172 g/mol. The molecule has 0 atom stereocenters. The third kappa shape index (κ3) is 3.57. The van der Waals surface area contributed by atoms with Crippen LogP contribution in [0.1, 0.15) is 26.7 Å². The zero-order valence-corrected chi connectivity index (χ0v) is 8.26. The van der Waals surface area contributed by atoms with Gasteiger partial charge in [-0.3, -0.25) is 0 Å². The smallest absolute Gasteiger partial charge is 0.237 e. The molecule has 1 rings (SSSR count). The molecule has 0 aliphatic rings. The summed E-state index contributed by atoms with van der Waals surface area (Å²) < 4.78 is 9.24. The van der Waals surface area contributed by atoms with Gasteiger partial charge in [0, 0.05) is 4.75 Å². The van der Waals surface area contributed by atoms with Crippen LogP contribution in [0.15, 0.2) is 21.3 Å². The summed E-state index contributed by atoms with van der Waals surface area (Å²) in [7, 11) is 0. The number of hydrogen-bond donors (Lipinski definition) is 0. The highest BCUT2D eigenvalue weighted by atomic mass is 32.2. The number of oxazole rings is 1. The first kappa shape index (κ1) is 9.32. The summed E-state index contributed by atoms with van der Waals surface area (Å²) in [5, 5.41) is 0. The molecule has 0 saturated heterocycles. The fraction of sp³-hybridized carbons (Fsp3) is 0.500. The summed E-state index contributed by atoms with van der Waals surface area (Å²) in [6, 6.07) is 0. The molecular formula is C8H12N2OS. The van der Waals surface area contributed by atoms with Gasteiger partial charge in [0.05, 0.1) is 12.4 Å². The summed E-state index contributed by atoms with van der Waals surface area (Å²) in [5.41, 5.74) is 0. The topological polar surface area (TPSA) is 38.4 Å². The summed E-state index contributed by atoms with van der Waals surface area (Å²) in [6.07, 6.45) is 4.75. The second-order valence-electron chi connectivity index (χ2n) is 3.31. The van der Waals surface area contributed by atoms with Crippen molar-refractivity contribution in [3.8, 4) is 0 Å². The Bertz CT molecular complexity index is 249. The lowest BCUT2D eigenvalue weighted by Gasteiger charge is -2.11. The van der Waals surface area contributed by atoms with Crippen molar-refractivity contribution >= 4 is 18.2 Å². The van der Waals surface area contributed by atoms with E-state index < -0.39 is 0 Å². The maximum Gasteiger partial charge on any atom is 0.237 e. The molecule has 0 aromatic carbocycles. The predicted molar refractivity (Wildman–Crippen MR) is 51.4 cm³/mol. The van der Waals surface area contributed by atoms with E-state index in [0.29, 0.717) is 5.89 Å². The molecule has 12 heavy (non-hydrogen) atoms. The third-order valence-corrected chi connectivity index (χ3v) is 1.70. The van der Waals surface area contributed by atoms with E-state index in [9.17, 15) is 0 Å². The van der Waals surface area contributed by atoms with Crippen LogP contribution >= 0.6 is 11.9 Å². The zero-order valence-electron chi connectivity index (χ0n) is 7.44. The van der Waals surface area contributed by atoms with Gasteiger partial charge in [0.25, 0.3) is 0 Å². The maximum atomic E-state index is 4.97. The number of hydrogen-bond acceptors (Lipinski definition) is 4. The standard InChI is InChI=1S/C8H12N2OS/c1-8(2,3)12-10-6-7-9-4-5-11-7/h4-6H,1-3H3. The first-order chi connectivity index (χ1) is 5.58. The Kier molecular flexibility index (Phi) is 2.92. The molecule has 66 valence electrons. The van der Waals surface area contributed by atoms with Gasteiger partial charge < -0.3 is 4.42 Å². The monoisotopic (exact) mass is 184 g/mol. The first-order valence-corrected chi connectivity index (χ1v) is 4.46. The van der Waals surface area contributed by atoms with Crippen LogP contribution in [0.2, 0.25) is 0 Å². The highest BCUT2D eigenvalue weighted by Crippen LogP contribution is 2.23. The van der Waals surface area contributed by atoms with Gasteiger partial charge in [0.15, 0.2) is 0 Å². The molecule has 3 nitrogen and oxygen atoms in total. The summed E-state index contributed by atoms with van der Waals surface area (Å²) >= 11 is 1.50. The van der Waals surface area contributed by atoms with Crippen molar-refractivity contribution in [2.75, 3.05) is 0 Å². The molecule has 0 unspecified atom stereocenters. The van der Waals surface area contributed by atoms with Crippen molar-refractivity contribution in [2.45, 2.75) is 25.5 Å². The Labute approximate surface area is 76.4 Å². The number of nitrogens with zero attached hydrogens (tertiary/aromatic N) is 2. The van der Waals surface area contributed by atoms with Crippen molar-refractivity contribution in [1.82, 2.24) is 4.98 Å². The van der Waals surface area contributed by atoms with Crippen LogP contribution in [0.4, 0.5) is 0 Å². The van der Waals surface area contributed by atoms with Gasteiger partial charge in [0.1, 0.15) is 6.26 Å². The molecule has 0 bridgehead atoms. The Morgan fingerprint density at radius 1 is 1.58 bits per heavy atom. The van der Waals surface area contributed by atoms with Crippen LogP contribution in [-0.4, -0.2) is 15.9 Å². The van der Waals surface area contributed by atoms with Crippen molar-refractivity contribution in [2.24, 2.45) is 4.40 Å². The molecule has 0 saturated carbocycles. The van der Waals surface area contributed by atoms with Gasteiger partial charge in [0.2, 0.25) is 5.89 Å². The van der Waals surface area contributed by atoms with E-state index in [1.807, 2.05) is 0 Å². The first-order valence-electron chi connectivity index (χ1n) is 3.69. The molecule has 0 N–H and O–H groups in total. The van der Waals surface area contributed by atoms with Gasteiger partial charge >= 0.3 is 0 Å². The fourth-order valence-corrected chi connectivity index (χ4v) is 0.987. The summed E-state index contributed by atoms with van der Waals surface area (Å²) in [5.74, 6) is 0.548. The highest BCUT2D eigenvalue weighted by molar-refractivity contribution is 7.99. The molecule has 0 radical (unpaired) electrons. The van der Waals surface area contributed by atoms with E-state index in [4.69, 9.17) is 4.42 Å². The van der Waals surface area contributed by atoms with Crippen LogP contribution in [0.3, 0.4) is 0 Å². The quantitative estimate of drug-likeness (QED) is 0.523. The average molecular weight is 184 g/mol. The lowest BCUT2D eigenvalue weighted by molar-refractivity contribution is 0.550. The Morgan fingerprint density at radius 2 is 2.33 bits per heavy atom. The van der Waals surface area contributed by atoms with Crippen LogP contribution in [0.25, 0.3) is 0 Å². The molecule has 0 aliphatic carbocycles. The van der Waals surface area contributed by atoms with Crippen molar-refractivity contribution < 1.29 is 4.42 Å². The summed E-state index contributed by atoms with van der Waals surface area (Å²) in [6.45, 7) is 6.31. The zero-order chi connectivity index (χ0) is 9.03. The van der Waals surface area contributed by atoms with Crippen molar-refractivity contribution in [3.63, 3.8) is 0 Å². The largest absolute Gasteiger partial charge is 0.444 e. The van der Waals surface area contributed by atoms with Gasteiger partial charge in [-0.25, -0.2) is 9.38 Å². The Hall–Kier alpha value is -0.770. The van der Waals surface area contributed by atoms with Crippen molar-refractivity contribution in [1.29, 1.82) is 0 Å². The van der Waals surface area contributed by atoms with E-state index in [0.717, 1.165) is 0 Å². The van der Waals surface area contributed by atoms with Crippen molar-refractivity contribution in [3.05, 3.63) is 18.4 Å². The van der Waals surface area contributed by atoms with Gasteiger partial charge in [-0.05, 0) is 32.7 Å². The van der Waals surface area contributed by atoms with Crippen LogP contribution in [0, 0.1) is 0 Å². The van der Waals surface area contributed by atoms with E-state index >= 15 is 0 Å². The highest BCUT2D eigenvalue weighted by Gasteiger charge is 2.08. The molecule has 0 amide bonds. The molecule has 4 heteroatoms. The SMILES string of the molecule is CC(C)(C)SN=Cc1ncco1. The van der Waals surface area contributed by atoms with E-state index in [1.165, 1.54) is 18.2 Å². The number of aromatic nitrogens is 1. The predicted octanol–water partition coefficient (Wildman–Crippen LogP) is 2.54. The average Bonchev–Trinajstić information content (AvgIpc) is 2.36. The molecule has 1 heterocycles. The Morgan fingerprint density at radius 3 is 2.83 bits per heavy atom.